The maximum atomic E-state index is 14.8. The molecule has 0 aliphatic heterocycles. The first-order chi connectivity index (χ1) is 18.5. The van der Waals surface area contributed by atoms with Gasteiger partial charge in [0.15, 0.2) is 5.03 Å². The standard InChI is InChI=1S/C28H27FN4O5S/c1-5-37-19-9-11-22(29)21(15-19)23-12-10-20(27(34)33-39(35,36)25-8-6-7-24(30)32-25)28(31-23)38-26-17(3)13-16(2)14-18(26)4/h6-15H,5H2,1-4H3,(H2,30,32)(H,33,34). The number of nitrogens with one attached hydrogen (secondary N) is 1. The van der Waals surface area contributed by atoms with Crippen LogP contribution in [-0.2, 0) is 10.0 Å². The molecule has 0 bridgehead atoms. The van der Waals surface area contributed by atoms with Gasteiger partial charge in [-0.2, -0.15) is 8.42 Å². The first-order valence-corrected chi connectivity index (χ1v) is 13.5. The van der Waals surface area contributed by atoms with Crippen LogP contribution in [0.5, 0.6) is 17.4 Å². The predicted octanol–water partition coefficient (Wildman–Crippen LogP) is 5.10. The van der Waals surface area contributed by atoms with Crippen LogP contribution in [-0.4, -0.2) is 30.9 Å². The van der Waals surface area contributed by atoms with Gasteiger partial charge in [-0.1, -0.05) is 23.8 Å². The van der Waals surface area contributed by atoms with Crippen molar-refractivity contribution in [3.63, 3.8) is 0 Å². The van der Waals surface area contributed by atoms with Crippen molar-refractivity contribution in [2.75, 3.05) is 12.3 Å². The summed E-state index contributed by atoms with van der Waals surface area (Å²) >= 11 is 0. The number of sulfonamides is 1. The molecule has 0 saturated carbocycles. The number of amides is 1. The van der Waals surface area contributed by atoms with Gasteiger partial charge in [-0.3, -0.25) is 4.79 Å². The maximum Gasteiger partial charge on any atom is 0.281 e. The third-order valence-electron chi connectivity index (χ3n) is 5.68. The molecule has 9 nitrogen and oxygen atoms in total. The molecule has 2 aromatic heterocycles. The molecular weight excluding hydrogens is 523 g/mol. The molecule has 0 atom stereocenters. The first kappa shape index (κ1) is 27.5. The number of ether oxygens (including phenoxy) is 2. The summed E-state index contributed by atoms with van der Waals surface area (Å²) in [7, 11) is -4.37. The molecule has 0 spiro atoms. The molecule has 0 saturated heterocycles. The molecule has 3 N–H and O–H groups in total. The van der Waals surface area contributed by atoms with Gasteiger partial charge in [0.25, 0.3) is 15.9 Å². The van der Waals surface area contributed by atoms with E-state index in [0.29, 0.717) is 18.1 Å². The molecule has 4 aromatic rings. The third-order valence-corrected chi connectivity index (χ3v) is 6.91. The molecule has 39 heavy (non-hydrogen) atoms. The highest BCUT2D eigenvalue weighted by Crippen LogP contribution is 2.34. The number of nitrogens with two attached hydrogens (primary N) is 1. The van der Waals surface area contributed by atoms with Crippen LogP contribution >= 0.6 is 0 Å². The zero-order valence-corrected chi connectivity index (χ0v) is 22.6. The van der Waals surface area contributed by atoms with Crippen LogP contribution in [0.1, 0.15) is 34.0 Å². The highest BCUT2D eigenvalue weighted by Gasteiger charge is 2.25. The van der Waals surface area contributed by atoms with E-state index in [9.17, 15) is 17.6 Å². The SMILES string of the molecule is CCOc1ccc(F)c(-c2ccc(C(=O)NS(=O)(=O)c3cccc(N)n3)c(Oc3c(C)cc(C)cc3C)n2)c1. The van der Waals surface area contributed by atoms with Crippen LogP contribution in [0.3, 0.4) is 0 Å². The Kier molecular flexibility index (Phi) is 7.82. The molecule has 2 heterocycles. The van der Waals surface area contributed by atoms with Crippen molar-refractivity contribution in [3.05, 3.63) is 88.7 Å². The molecule has 202 valence electrons. The fourth-order valence-corrected chi connectivity index (χ4v) is 4.97. The lowest BCUT2D eigenvalue weighted by Gasteiger charge is -2.16. The van der Waals surface area contributed by atoms with E-state index in [4.69, 9.17) is 15.2 Å². The summed E-state index contributed by atoms with van der Waals surface area (Å²) in [6.45, 7) is 7.79. The number of pyridine rings is 2. The highest BCUT2D eigenvalue weighted by molar-refractivity contribution is 7.90. The minimum absolute atomic E-state index is 0.0259. The first-order valence-electron chi connectivity index (χ1n) is 12.0. The smallest absolute Gasteiger partial charge is 0.281 e. The Labute approximate surface area is 225 Å². The lowest BCUT2D eigenvalue weighted by atomic mass is 10.1. The van der Waals surface area contributed by atoms with Gasteiger partial charge in [-0.05, 0) is 81.3 Å². The number of hydrogen-bond donors (Lipinski definition) is 2. The van der Waals surface area contributed by atoms with E-state index in [-0.39, 0.29) is 28.5 Å². The van der Waals surface area contributed by atoms with Gasteiger partial charge < -0.3 is 15.2 Å². The zero-order chi connectivity index (χ0) is 28.3. The summed E-state index contributed by atoms with van der Waals surface area (Å²) in [5.74, 6) is -0.945. The summed E-state index contributed by atoms with van der Waals surface area (Å²) in [4.78, 5) is 21.5. The fraction of sp³-hybridized carbons (Fsp3) is 0.179. The van der Waals surface area contributed by atoms with Gasteiger partial charge >= 0.3 is 0 Å². The Morgan fingerprint density at radius 3 is 2.38 bits per heavy atom. The number of benzene rings is 2. The highest BCUT2D eigenvalue weighted by atomic mass is 32.2. The second-order valence-corrected chi connectivity index (χ2v) is 10.4. The van der Waals surface area contributed by atoms with Crippen molar-refractivity contribution in [1.29, 1.82) is 0 Å². The van der Waals surface area contributed by atoms with Crippen LogP contribution in [0.15, 0.2) is 65.7 Å². The molecule has 0 radical (unpaired) electrons. The monoisotopic (exact) mass is 550 g/mol. The van der Waals surface area contributed by atoms with Crippen LogP contribution in [0.2, 0.25) is 0 Å². The van der Waals surface area contributed by atoms with Crippen LogP contribution in [0, 0.1) is 26.6 Å². The van der Waals surface area contributed by atoms with Crippen molar-refractivity contribution in [2.24, 2.45) is 0 Å². The third kappa shape index (κ3) is 6.15. The number of carbonyl (C=O) groups is 1. The summed E-state index contributed by atoms with van der Waals surface area (Å²) in [6, 6.07) is 14.8. The number of aryl methyl sites for hydroxylation is 3. The zero-order valence-electron chi connectivity index (χ0n) is 21.8. The van der Waals surface area contributed by atoms with E-state index in [1.165, 1.54) is 48.5 Å². The Bertz CT molecular complexity index is 1650. The van der Waals surface area contributed by atoms with E-state index in [2.05, 4.69) is 9.97 Å². The average molecular weight is 551 g/mol. The van der Waals surface area contributed by atoms with Gasteiger partial charge in [-0.15, -0.1) is 0 Å². The minimum atomic E-state index is -4.37. The Morgan fingerprint density at radius 2 is 1.72 bits per heavy atom. The van der Waals surface area contributed by atoms with E-state index < -0.39 is 26.8 Å². The average Bonchev–Trinajstić information content (AvgIpc) is 2.87. The molecule has 0 fully saturated rings. The molecule has 4 rings (SSSR count). The van der Waals surface area contributed by atoms with Crippen molar-refractivity contribution in [3.8, 4) is 28.6 Å². The van der Waals surface area contributed by atoms with E-state index >= 15 is 0 Å². The Hall–Kier alpha value is -4.51. The molecule has 0 aliphatic carbocycles. The Balaban J connectivity index is 1.81. The number of anilines is 1. The summed E-state index contributed by atoms with van der Waals surface area (Å²) in [6.07, 6.45) is 0. The number of nitrogen functional groups attached to an aromatic ring is 1. The molecule has 2 aromatic carbocycles. The normalized spacial score (nSPS) is 11.2. The number of aromatic nitrogens is 2. The van der Waals surface area contributed by atoms with Gasteiger partial charge in [0, 0.05) is 5.56 Å². The van der Waals surface area contributed by atoms with Crippen molar-refractivity contribution in [2.45, 2.75) is 32.7 Å². The molecule has 0 unspecified atom stereocenters. The maximum absolute atomic E-state index is 14.8. The van der Waals surface area contributed by atoms with Crippen molar-refractivity contribution < 1.29 is 27.1 Å². The fourth-order valence-electron chi connectivity index (χ4n) is 4.03. The number of halogens is 1. The second kappa shape index (κ2) is 11.1. The quantitative estimate of drug-likeness (QED) is 0.310. The lowest BCUT2D eigenvalue weighted by Crippen LogP contribution is -2.31. The van der Waals surface area contributed by atoms with Gasteiger partial charge in [0.1, 0.15) is 28.7 Å². The molecule has 1 amide bonds. The van der Waals surface area contributed by atoms with E-state index in [1.54, 1.807) is 6.92 Å². The van der Waals surface area contributed by atoms with Gasteiger partial charge in [0.2, 0.25) is 5.88 Å². The van der Waals surface area contributed by atoms with Crippen LogP contribution in [0.4, 0.5) is 10.2 Å². The predicted molar refractivity (Wildman–Crippen MR) is 145 cm³/mol. The molecule has 11 heteroatoms. The summed E-state index contributed by atoms with van der Waals surface area (Å²) < 4.78 is 54.1. The number of nitrogens with zero attached hydrogens (tertiary/aromatic N) is 2. The van der Waals surface area contributed by atoms with Gasteiger partial charge in [-0.25, -0.2) is 19.1 Å². The lowest BCUT2D eigenvalue weighted by molar-refractivity contribution is 0.0978. The minimum Gasteiger partial charge on any atom is -0.494 e. The molecule has 0 aliphatic rings. The van der Waals surface area contributed by atoms with Crippen molar-refractivity contribution >= 4 is 21.7 Å². The summed E-state index contributed by atoms with van der Waals surface area (Å²) in [5, 5.41) is -0.428. The Morgan fingerprint density at radius 1 is 1.00 bits per heavy atom. The van der Waals surface area contributed by atoms with Crippen LogP contribution in [0.25, 0.3) is 11.3 Å². The topological polar surface area (TPSA) is 134 Å². The van der Waals surface area contributed by atoms with E-state index in [1.807, 2.05) is 37.6 Å². The van der Waals surface area contributed by atoms with Gasteiger partial charge in [0.05, 0.1) is 12.3 Å². The van der Waals surface area contributed by atoms with Crippen molar-refractivity contribution in [1.82, 2.24) is 14.7 Å². The number of carbonyl (C=O) groups excluding carboxylic acids is 1. The second-order valence-electron chi connectivity index (χ2n) is 8.79. The van der Waals surface area contributed by atoms with Crippen LogP contribution < -0.4 is 19.9 Å². The number of rotatable bonds is 8. The van der Waals surface area contributed by atoms with E-state index in [0.717, 1.165) is 16.7 Å². The summed E-state index contributed by atoms with van der Waals surface area (Å²) in [5.41, 5.74) is 8.24. The number of hydrogen-bond acceptors (Lipinski definition) is 8. The largest absolute Gasteiger partial charge is 0.494 e. The molecular formula is C28H27FN4O5S.